The highest BCUT2D eigenvalue weighted by Crippen LogP contribution is 2.25. The van der Waals surface area contributed by atoms with E-state index in [2.05, 4.69) is 32.7 Å². The fourth-order valence-electron chi connectivity index (χ4n) is 2.57. The summed E-state index contributed by atoms with van der Waals surface area (Å²) in [7, 11) is 0. The summed E-state index contributed by atoms with van der Waals surface area (Å²) in [6, 6.07) is 22.0. The molecule has 0 atom stereocenters. The van der Waals surface area contributed by atoms with Gasteiger partial charge in [0.1, 0.15) is 5.75 Å². The Hall–Kier alpha value is -3.87. The van der Waals surface area contributed by atoms with Gasteiger partial charge in [0.25, 0.3) is 0 Å². The number of unbranched alkanes of at least 4 members (excludes halogenated alkanes) is 1. The summed E-state index contributed by atoms with van der Waals surface area (Å²) < 4.78 is 5.64. The number of benzene rings is 3. The molecule has 1 amide bonds. The van der Waals surface area contributed by atoms with Crippen LogP contribution in [0, 0.1) is 0 Å². The Morgan fingerprint density at radius 2 is 1.16 bits per heavy atom. The summed E-state index contributed by atoms with van der Waals surface area (Å²) in [5.74, 6) is 0.729. The molecule has 0 spiro atoms. The summed E-state index contributed by atoms with van der Waals surface area (Å²) in [5, 5.41) is 19.6. The van der Waals surface area contributed by atoms with Crippen LogP contribution in [-0.4, -0.2) is 12.5 Å². The van der Waals surface area contributed by atoms with E-state index in [9.17, 15) is 4.79 Å². The topological polar surface area (TPSA) is 87.8 Å². The fourth-order valence-corrected chi connectivity index (χ4v) is 2.57. The maximum absolute atomic E-state index is 11.0. The molecule has 0 aliphatic carbocycles. The second-order valence-electron chi connectivity index (χ2n) is 6.84. The van der Waals surface area contributed by atoms with E-state index in [1.807, 2.05) is 48.5 Å². The van der Waals surface area contributed by atoms with Crippen molar-refractivity contribution in [1.29, 1.82) is 0 Å². The Morgan fingerprint density at radius 3 is 1.58 bits per heavy atom. The molecule has 0 radical (unpaired) electrons. The third-order valence-corrected chi connectivity index (χ3v) is 4.20. The van der Waals surface area contributed by atoms with Crippen molar-refractivity contribution < 1.29 is 9.53 Å². The van der Waals surface area contributed by atoms with E-state index in [0.29, 0.717) is 11.4 Å². The Balaban J connectivity index is 1.54. The summed E-state index contributed by atoms with van der Waals surface area (Å²) in [4.78, 5) is 11.0. The quantitative estimate of drug-likeness (QED) is 0.287. The van der Waals surface area contributed by atoms with Gasteiger partial charge >= 0.3 is 0 Å². The molecule has 3 aromatic carbocycles. The Labute approximate surface area is 181 Å². The molecule has 0 saturated heterocycles. The minimum absolute atomic E-state index is 0.111. The van der Waals surface area contributed by atoms with Crippen LogP contribution in [0.5, 0.6) is 5.75 Å². The van der Waals surface area contributed by atoms with E-state index >= 15 is 0 Å². The number of carbonyl (C=O) groups is 1. The number of hydrogen-bond acceptors (Lipinski definition) is 6. The number of anilines is 1. The van der Waals surface area contributed by atoms with Crippen molar-refractivity contribution in [2.45, 2.75) is 26.7 Å². The lowest BCUT2D eigenvalue weighted by molar-refractivity contribution is -0.114. The van der Waals surface area contributed by atoms with Gasteiger partial charge in [0.15, 0.2) is 0 Å². The molecule has 0 heterocycles. The van der Waals surface area contributed by atoms with Gasteiger partial charge in [-0.05, 0) is 79.2 Å². The molecule has 0 fully saturated rings. The molecule has 0 aromatic heterocycles. The number of nitrogens with one attached hydrogen (secondary N) is 1. The van der Waals surface area contributed by atoms with Crippen LogP contribution in [0.3, 0.4) is 0 Å². The van der Waals surface area contributed by atoms with Gasteiger partial charge in [-0.2, -0.15) is 20.5 Å². The maximum atomic E-state index is 11.0. The number of azo groups is 2. The van der Waals surface area contributed by atoms with Gasteiger partial charge in [-0.15, -0.1) is 0 Å². The third kappa shape index (κ3) is 7.47. The van der Waals surface area contributed by atoms with Crippen molar-refractivity contribution >= 4 is 34.3 Å². The molecule has 7 nitrogen and oxygen atoms in total. The molecule has 3 aromatic rings. The highest BCUT2D eigenvalue weighted by molar-refractivity contribution is 5.88. The zero-order chi connectivity index (χ0) is 21.9. The van der Waals surface area contributed by atoms with Gasteiger partial charge in [-0.3, -0.25) is 4.79 Å². The van der Waals surface area contributed by atoms with Gasteiger partial charge in [0.2, 0.25) is 5.91 Å². The van der Waals surface area contributed by atoms with Crippen LogP contribution < -0.4 is 10.1 Å². The van der Waals surface area contributed by atoms with E-state index < -0.39 is 0 Å². The smallest absolute Gasteiger partial charge is 0.221 e. The SMILES string of the molecule is CCCCOc1ccc(N=Nc2ccc(N=Nc3ccc(NC(C)=O)cc3)cc2)cc1. The molecule has 0 aliphatic rings. The second-order valence-corrected chi connectivity index (χ2v) is 6.84. The number of rotatable bonds is 9. The standard InChI is InChI=1S/C24H25N5O2/c1-3-4-17-31-24-15-13-23(14-16-24)29-28-22-11-9-21(10-12-22)27-26-20-7-5-19(6-8-20)25-18(2)30/h5-16H,3-4,17H2,1-2H3,(H,25,30). The van der Waals surface area contributed by atoms with Crippen LogP contribution in [0.1, 0.15) is 26.7 Å². The van der Waals surface area contributed by atoms with Crippen LogP contribution in [0.2, 0.25) is 0 Å². The summed E-state index contributed by atoms with van der Waals surface area (Å²) in [5.41, 5.74) is 3.61. The molecule has 158 valence electrons. The highest BCUT2D eigenvalue weighted by atomic mass is 16.5. The predicted molar refractivity (Wildman–Crippen MR) is 122 cm³/mol. The predicted octanol–water partition coefficient (Wildman–Crippen LogP) is 7.65. The average Bonchev–Trinajstić information content (AvgIpc) is 2.79. The van der Waals surface area contributed by atoms with Gasteiger partial charge in [-0.1, -0.05) is 13.3 Å². The van der Waals surface area contributed by atoms with E-state index in [4.69, 9.17) is 4.74 Å². The zero-order valence-electron chi connectivity index (χ0n) is 17.7. The average molecular weight is 415 g/mol. The Kier molecular flexibility index (Phi) is 7.99. The van der Waals surface area contributed by atoms with Crippen molar-refractivity contribution in [3.63, 3.8) is 0 Å². The van der Waals surface area contributed by atoms with Gasteiger partial charge < -0.3 is 10.1 Å². The van der Waals surface area contributed by atoms with Crippen molar-refractivity contribution in [2.24, 2.45) is 20.5 Å². The number of nitrogens with zero attached hydrogens (tertiary/aromatic N) is 4. The largest absolute Gasteiger partial charge is 0.494 e. The minimum atomic E-state index is -0.111. The number of carbonyl (C=O) groups excluding carboxylic acids is 1. The first-order valence-corrected chi connectivity index (χ1v) is 10.2. The second kappa shape index (κ2) is 11.3. The first-order valence-electron chi connectivity index (χ1n) is 10.2. The Bertz CT molecular complexity index is 1030. The molecule has 0 unspecified atom stereocenters. The third-order valence-electron chi connectivity index (χ3n) is 4.20. The minimum Gasteiger partial charge on any atom is -0.494 e. The van der Waals surface area contributed by atoms with Gasteiger partial charge in [-0.25, -0.2) is 0 Å². The first kappa shape index (κ1) is 21.8. The number of amides is 1. The molecule has 0 saturated carbocycles. The molecule has 0 aliphatic heterocycles. The monoisotopic (exact) mass is 415 g/mol. The van der Waals surface area contributed by atoms with Crippen LogP contribution in [0.15, 0.2) is 93.3 Å². The first-order chi connectivity index (χ1) is 15.1. The molecule has 31 heavy (non-hydrogen) atoms. The molecular formula is C24H25N5O2. The lowest BCUT2D eigenvalue weighted by atomic mass is 10.3. The fraction of sp³-hybridized carbons (Fsp3) is 0.208. The van der Waals surface area contributed by atoms with Crippen LogP contribution in [-0.2, 0) is 4.79 Å². The van der Waals surface area contributed by atoms with E-state index in [-0.39, 0.29) is 5.91 Å². The highest BCUT2D eigenvalue weighted by Gasteiger charge is 1.98. The van der Waals surface area contributed by atoms with Crippen molar-refractivity contribution in [2.75, 3.05) is 11.9 Å². The van der Waals surface area contributed by atoms with Crippen molar-refractivity contribution in [3.8, 4) is 5.75 Å². The summed E-state index contributed by atoms with van der Waals surface area (Å²) >= 11 is 0. The van der Waals surface area contributed by atoms with E-state index in [1.54, 1.807) is 24.3 Å². The summed E-state index contributed by atoms with van der Waals surface area (Å²) in [6.45, 7) is 4.33. The normalized spacial score (nSPS) is 11.2. The maximum Gasteiger partial charge on any atom is 0.221 e. The molecule has 3 rings (SSSR count). The Morgan fingerprint density at radius 1 is 0.742 bits per heavy atom. The van der Waals surface area contributed by atoms with Crippen molar-refractivity contribution in [3.05, 3.63) is 72.8 Å². The van der Waals surface area contributed by atoms with Gasteiger partial charge in [0, 0.05) is 12.6 Å². The van der Waals surface area contributed by atoms with Crippen LogP contribution in [0.4, 0.5) is 28.4 Å². The van der Waals surface area contributed by atoms with E-state index in [0.717, 1.165) is 42.3 Å². The van der Waals surface area contributed by atoms with Crippen molar-refractivity contribution in [1.82, 2.24) is 0 Å². The molecule has 7 heteroatoms. The van der Waals surface area contributed by atoms with Gasteiger partial charge in [0.05, 0.1) is 29.4 Å². The zero-order valence-corrected chi connectivity index (χ0v) is 17.7. The van der Waals surface area contributed by atoms with Crippen LogP contribution in [0.25, 0.3) is 0 Å². The lowest BCUT2D eigenvalue weighted by Crippen LogP contribution is -2.04. The van der Waals surface area contributed by atoms with E-state index in [1.165, 1.54) is 6.92 Å². The van der Waals surface area contributed by atoms with Crippen LogP contribution >= 0.6 is 0 Å². The number of hydrogen-bond donors (Lipinski definition) is 1. The molecule has 0 bridgehead atoms. The number of ether oxygens (including phenoxy) is 1. The molecule has 1 N–H and O–H groups in total. The lowest BCUT2D eigenvalue weighted by Gasteiger charge is -2.04. The summed E-state index contributed by atoms with van der Waals surface area (Å²) in [6.07, 6.45) is 2.15. The molecular weight excluding hydrogens is 390 g/mol.